The second-order valence-electron chi connectivity index (χ2n) is 18.4. The third-order valence-corrected chi connectivity index (χ3v) is 16.7. The first-order valence-electron chi connectivity index (χ1n) is 20.9. The fourth-order valence-corrected chi connectivity index (χ4v) is 15.5. The van der Waals surface area contributed by atoms with Crippen LogP contribution in [-0.2, 0) is 0 Å². The zero-order valence-electron chi connectivity index (χ0n) is 28.1. The highest BCUT2D eigenvalue weighted by molar-refractivity contribution is 6.63. The molecule has 0 aromatic heterocycles. The number of hydrogen-bond acceptors (Lipinski definition) is 2. The lowest BCUT2D eigenvalue weighted by Gasteiger charge is -2.54. The van der Waals surface area contributed by atoms with Crippen molar-refractivity contribution in [2.45, 2.75) is 227 Å². The quantitative estimate of drug-likeness (QED) is 0.261. The van der Waals surface area contributed by atoms with Gasteiger partial charge in [-0.1, -0.05) is 114 Å². The molecule has 5 aliphatic carbocycles. The van der Waals surface area contributed by atoms with Crippen molar-refractivity contribution in [2.24, 2.45) is 23.7 Å². The summed E-state index contributed by atoms with van der Waals surface area (Å²) in [6.45, 7) is 1.08. The van der Waals surface area contributed by atoms with Gasteiger partial charge in [0.15, 0.2) is 0 Å². The molecule has 9 aliphatic rings. The maximum absolute atomic E-state index is 3.39. The van der Waals surface area contributed by atoms with Gasteiger partial charge in [-0.05, 0) is 101 Å². The van der Waals surface area contributed by atoms with Gasteiger partial charge in [0.25, 0.3) is 0 Å². The molecule has 240 valence electrons. The summed E-state index contributed by atoms with van der Waals surface area (Å²) in [7, 11) is 0. The van der Waals surface area contributed by atoms with Crippen molar-refractivity contribution in [1.82, 2.24) is 9.80 Å². The Labute approximate surface area is 266 Å². The van der Waals surface area contributed by atoms with Crippen molar-refractivity contribution < 1.29 is 0 Å². The summed E-state index contributed by atoms with van der Waals surface area (Å²) in [5.41, 5.74) is 0. The molecular formula is C40H67BN2. The van der Waals surface area contributed by atoms with Gasteiger partial charge in [0.2, 0.25) is 0 Å². The molecule has 0 N–H and O–H groups in total. The van der Waals surface area contributed by atoms with Gasteiger partial charge >= 0.3 is 0 Å². The molecule has 0 spiro atoms. The van der Waals surface area contributed by atoms with Crippen molar-refractivity contribution in [3.05, 3.63) is 0 Å². The first-order valence-corrected chi connectivity index (χ1v) is 20.9. The summed E-state index contributed by atoms with van der Waals surface area (Å²) < 4.78 is 0. The molecule has 0 aromatic carbocycles. The maximum atomic E-state index is 3.39. The zero-order chi connectivity index (χ0) is 28.3. The van der Waals surface area contributed by atoms with Crippen LogP contribution in [0.3, 0.4) is 0 Å². The van der Waals surface area contributed by atoms with Gasteiger partial charge in [0.05, 0.1) is 0 Å². The minimum atomic E-state index is 0.931. The lowest BCUT2D eigenvalue weighted by molar-refractivity contribution is 0.0407. The Balaban J connectivity index is 1.11. The zero-order valence-corrected chi connectivity index (χ0v) is 28.1. The molecular weight excluding hydrogens is 519 g/mol. The van der Waals surface area contributed by atoms with Gasteiger partial charge in [-0.3, -0.25) is 9.80 Å². The Kier molecular flexibility index (Phi) is 8.50. The van der Waals surface area contributed by atoms with E-state index in [4.69, 9.17) is 0 Å². The van der Waals surface area contributed by atoms with Crippen LogP contribution in [0.1, 0.15) is 173 Å². The van der Waals surface area contributed by atoms with Gasteiger partial charge < -0.3 is 0 Å². The van der Waals surface area contributed by atoms with E-state index < -0.39 is 0 Å². The standard InChI is InChI=1S/C40H67BN2/c1-3-7-22-37-33(18-5-1)35-20-11-9-14-28-26-39(35)42(37)31-16-13-17-32-25-30(24-31)41(28)29-15-10-12-21-36-34-19-6-2-4-8-23-38(34)43(32)40(36)27-29/h28-40H,1-27H2. The predicted molar refractivity (Wildman–Crippen MR) is 182 cm³/mol. The fraction of sp³-hybridized carbons (Fsp3) is 1.00. The van der Waals surface area contributed by atoms with Crippen LogP contribution in [0.4, 0.5) is 0 Å². The van der Waals surface area contributed by atoms with E-state index >= 15 is 0 Å². The molecule has 0 aromatic rings. The average molecular weight is 587 g/mol. The predicted octanol–water partition coefficient (Wildman–Crippen LogP) is 10.5. The summed E-state index contributed by atoms with van der Waals surface area (Å²) in [4.78, 5) is 6.79. The van der Waals surface area contributed by atoms with E-state index in [0.717, 1.165) is 84.1 Å². The van der Waals surface area contributed by atoms with E-state index in [1.807, 2.05) is 0 Å². The van der Waals surface area contributed by atoms with Crippen LogP contribution in [0.25, 0.3) is 0 Å². The minimum Gasteiger partial charge on any atom is -0.294 e. The highest BCUT2D eigenvalue weighted by Crippen LogP contribution is 2.60. The topological polar surface area (TPSA) is 6.48 Å². The monoisotopic (exact) mass is 587 g/mol. The van der Waals surface area contributed by atoms with Gasteiger partial charge in [-0.25, -0.2) is 0 Å². The van der Waals surface area contributed by atoms with Crippen molar-refractivity contribution in [3.8, 4) is 0 Å². The first-order chi connectivity index (χ1) is 21.3. The van der Waals surface area contributed by atoms with Crippen LogP contribution in [0.2, 0.25) is 17.5 Å². The van der Waals surface area contributed by atoms with Crippen molar-refractivity contribution >= 4 is 6.71 Å². The molecule has 3 heteroatoms. The molecule has 12 atom stereocenters. The normalized spacial score (nSPS) is 51.1. The number of fused-ring (bicyclic) bond motifs is 14. The first kappa shape index (κ1) is 29.1. The van der Waals surface area contributed by atoms with Crippen molar-refractivity contribution in [1.29, 1.82) is 0 Å². The van der Waals surface area contributed by atoms with E-state index in [1.54, 1.807) is 128 Å². The largest absolute Gasteiger partial charge is 0.294 e. The second-order valence-corrected chi connectivity index (χ2v) is 18.4. The molecule has 0 radical (unpaired) electrons. The molecule has 4 saturated heterocycles. The van der Waals surface area contributed by atoms with E-state index in [-0.39, 0.29) is 0 Å². The van der Waals surface area contributed by atoms with E-state index in [2.05, 4.69) is 9.80 Å². The van der Waals surface area contributed by atoms with Crippen LogP contribution in [-0.4, -0.2) is 52.8 Å². The molecule has 9 fully saturated rings. The third-order valence-electron chi connectivity index (χ3n) is 16.7. The van der Waals surface area contributed by atoms with Crippen molar-refractivity contribution in [3.63, 3.8) is 0 Å². The molecule has 43 heavy (non-hydrogen) atoms. The molecule has 4 heterocycles. The Bertz CT molecular complexity index is 881. The van der Waals surface area contributed by atoms with Crippen LogP contribution in [0.15, 0.2) is 0 Å². The van der Waals surface area contributed by atoms with Gasteiger partial charge in [-0.15, -0.1) is 0 Å². The lowest BCUT2D eigenvalue weighted by atomic mass is 9.23. The molecule has 2 nitrogen and oxygen atoms in total. The lowest BCUT2D eigenvalue weighted by Crippen LogP contribution is -2.56. The van der Waals surface area contributed by atoms with Crippen molar-refractivity contribution in [2.75, 3.05) is 0 Å². The second kappa shape index (κ2) is 12.5. The van der Waals surface area contributed by atoms with Crippen LogP contribution in [0.5, 0.6) is 0 Å². The Morgan fingerprint density at radius 3 is 1.19 bits per heavy atom. The SMILES string of the molecule is C1CCCC2C(CC1)C1CCCCC3CC1N2C1CCCC2CC(C1)B3C1CCCCC3C4CCCCCCC4N2C3C1. The molecule has 12 unspecified atom stereocenters. The Morgan fingerprint density at radius 2 is 0.698 bits per heavy atom. The Hall–Kier alpha value is -0.0151. The van der Waals surface area contributed by atoms with E-state index in [0.29, 0.717) is 0 Å². The highest BCUT2D eigenvalue weighted by atomic mass is 15.3. The smallest absolute Gasteiger partial charge is 0.149 e. The van der Waals surface area contributed by atoms with E-state index in [1.165, 1.54) is 44.9 Å². The summed E-state index contributed by atoms with van der Waals surface area (Å²) in [6.07, 6.45) is 42.3. The van der Waals surface area contributed by atoms with Crippen LogP contribution < -0.4 is 0 Å². The molecule has 4 aliphatic heterocycles. The third kappa shape index (κ3) is 5.17. The fourth-order valence-electron chi connectivity index (χ4n) is 15.5. The summed E-state index contributed by atoms with van der Waals surface area (Å²) in [5, 5.41) is 0. The van der Waals surface area contributed by atoms with Gasteiger partial charge in [0, 0.05) is 36.3 Å². The van der Waals surface area contributed by atoms with E-state index in [9.17, 15) is 0 Å². The van der Waals surface area contributed by atoms with Gasteiger partial charge in [0.1, 0.15) is 6.71 Å². The number of hydrogen-bond donors (Lipinski definition) is 0. The van der Waals surface area contributed by atoms with Crippen LogP contribution >= 0.6 is 0 Å². The minimum absolute atomic E-state index is 0.931. The average Bonchev–Trinajstić information content (AvgIpc) is 3.33. The number of nitrogens with zero attached hydrogens (tertiary/aromatic N) is 2. The number of rotatable bonds is 0. The summed E-state index contributed by atoms with van der Waals surface area (Å²) in [5.74, 6) is 7.34. The maximum Gasteiger partial charge on any atom is 0.149 e. The molecule has 0 amide bonds. The summed E-state index contributed by atoms with van der Waals surface area (Å²) >= 11 is 0. The summed E-state index contributed by atoms with van der Waals surface area (Å²) in [6, 6.07) is 5.70. The molecule has 5 saturated carbocycles. The molecule has 9 rings (SSSR count). The van der Waals surface area contributed by atoms with Gasteiger partial charge in [-0.2, -0.15) is 0 Å². The molecule has 7 bridgehead atoms. The highest BCUT2D eigenvalue weighted by Gasteiger charge is 2.58. The van der Waals surface area contributed by atoms with Crippen LogP contribution in [0, 0.1) is 23.7 Å². The Morgan fingerprint density at radius 1 is 0.302 bits per heavy atom.